The van der Waals surface area contributed by atoms with Crippen molar-refractivity contribution in [2.45, 2.75) is 44.7 Å². The Kier molecular flexibility index (Phi) is 5.54. The predicted molar refractivity (Wildman–Crippen MR) is 77.6 cm³/mol. The van der Waals surface area contributed by atoms with Gasteiger partial charge in [-0.25, -0.2) is 9.59 Å². The van der Waals surface area contributed by atoms with Crippen LogP contribution in [0.15, 0.2) is 24.5 Å². The number of hydrogen-bond donors (Lipinski definition) is 3. The molecule has 0 aliphatic heterocycles. The summed E-state index contributed by atoms with van der Waals surface area (Å²) in [4.78, 5) is 27.1. The van der Waals surface area contributed by atoms with E-state index in [2.05, 4.69) is 15.6 Å². The van der Waals surface area contributed by atoms with Crippen LogP contribution in [0.4, 0.5) is 4.79 Å². The largest absolute Gasteiger partial charge is 0.480 e. The van der Waals surface area contributed by atoms with Crippen molar-refractivity contribution >= 4 is 12.0 Å². The number of carbonyl (C=O) groups excluding carboxylic acids is 1. The van der Waals surface area contributed by atoms with Crippen LogP contribution in [-0.4, -0.2) is 28.1 Å². The van der Waals surface area contributed by atoms with E-state index in [0.717, 1.165) is 37.7 Å². The van der Waals surface area contributed by atoms with Crippen LogP contribution in [0.25, 0.3) is 0 Å². The molecule has 114 valence electrons. The molecule has 1 unspecified atom stereocenters. The molecule has 1 aliphatic rings. The first-order valence-corrected chi connectivity index (χ1v) is 7.33. The molecule has 1 heterocycles. The molecule has 1 saturated carbocycles. The molecule has 0 radical (unpaired) electrons. The molecular weight excluding hydrogens is 270 g/mol. The summed E-state index contributed by atoms with van der Waals surface area (Å²) in [5.41, 5.74) is 0.921. The Morgan fingerprint density at radius 3 is 2.52 bits per heavy atom. The fourth-order valence-corrected chi connectivity index (χ4v) is 2.72. The highest BCUT2D eigenvalue weighted by Crippen LogP contribution is 2.26. The molecule has 0 bridgehead atoms. The predicted octanol–water partition coefficient (Wildman–Crippen LogP) is 1.91. The molecule has 3 N–H and O–H groups in total. The van der Waals surface area contributed by atoms with E-state index in [-0.39, 0.29) is 5.92 Å². The maximum atomic E-state index is 11.9. The number of hydrogen-bond acceptors (Lipinski definition) is 3. The Bertz CT molecular complexity index is 472. The molecule has 2 amide bonds. The van der Waals surface area contributed by atoms with Crippen molar-refractivity contribution < 1.29 is 14.7 Å². The number of nitrogens with zero attached hydrogens (tertiary/aromatic N) is 1. The van der Waals surface area contributed by atoms with E-state index in [0.29, 0.717) is 6.54 Å². The standard InChI is InChI=1S/C15H21N3O3/c19-14(20)13(12-4-2-1-3-5-12)18-15(21)17-10-11-6-8-16-9-7-11/h6-9,12-13H,1-5,10H2,(H,19,20)(H2,17,18,21). The SMILES string of the molecule is O=C(NCc1ccncc1)NC(C(=O)O)C1CCCCC1. The van der Waals surface area contributed by atoms with Crippen LogP contribution in [0.5, 0.6) is 0 Å². The summed E-state index contributed by atoms with van der Waals surface area (Å²) in [6, 6.07) is 2.36. The van der Waals surface area contributed by atoms with E-state index in [9.17, 15) is 14.7 Å². The van der Waals surface area contributed by atoms with E-state index in [1.54, 1.807) is 24.5 Å². The van der Waals surface area contributed by atoms with Crippen LogP contribution < -0.4 is 10.6 Å². The zero-order chi connectivity index (χ0) is 15.1. The van der Waals surface area contributed by atoms with E-state index in [1.807, 2.05) is 0 Å². The summed E-state index contributed by atoms with van der Waals surface area (Å²) in [6.45, 7) is 0.353. The Balaban J connectivity index is 1.84. The van der Waals surface area contributed by atoms with Crippen molar-refractivity contribution in [3.63, 3.8) is 0 Å². The molecule has 1 fully saturated rings. The second-order valence-corrected chi connectivity index (χ2v) is 5.40. The molecule has 6 heteroatoms. The number of pyridine rings is 1. The van der Waals surface area contributed by atoms with Crippen LogP contribution >= 0.6 is 0 Å². The Hall–Kier alpha value is -2.11. The van der Waals surface area contributed by atoms with Gasteiger partial charge in [0.1, 0.15) is 6.04 Å². The van der Waals surface area contributed by atoms with Gasteiger partial charge >= 0.3 is 12.0 Å². The van der Waals surface area contributed by atoms with Gasteiger partial charge in [0.05, 0.1) is 0 Å². The lowest BCUT2D eigenvalue weighted by molar-refractivity contribution is -0.141. The van der Waals surface area contributed by atoms with Gasteiger partial charge in [-0.2, -0.15) is 0 Å². The monoisotopic (exact) mass is 291 g/mol. The van der Waals surface area contributed by atoms with E-state index >= 15 is 0 Å². The van der Waals surface area contributed by atoms with Crippen LogP contribution in [0.2, 0.25) is 0 Å². The number of aromatic nitrogens is 1. The third-order valence-electron chi connectivity index (χ3n) is 3.88. The summed E-state index contributed by atoms with van der Waals surface area (Å²) in [5, 5.41) is 14.6. The smallest absolute Gasteiger partial charge is 0.326 e. The Morgan fingerprint density at radius 1 is 1.24 bits per heavy atom. The fraction of sp³-hybridized carbons (Fsp3) is 0.533. The van der Waals surface area contributed by atoms with E-state index < -0.39 is 18.0 Å². The molecule has 21 heavy (non-hydrogen) atoms. The topological polar surface area (TPSA) is 91.3 Å². The zero-order valence-electron chi connectivity index (χ0n) is 11.9. The average molecular weight is 291 g/mol. The minimum atomic E-state index is -0.957. The molecule has 2 rings (SSSR count). The first kappa shape index (κ1) is 15.3. The lowest BCUT2D eigenvalue weighted by Crippen LogP contribution is -2.50. The van der Waals surface area contributed by atoms with Crippen molar-refractivity contribution in [1.29, 1.82) is 0 Å². The molecule has 0 aromatic carbocycles. The van der Waals surface area contributed by atoms with Gasteiger partial charge in [-0.3, -0.25) is 4.98 Å². The van der Waals surface area contributed by atoms with Gasteiger partial charge in [0.25, 0.3) is 0 Å². The first-order chi connectivity index (χ1) is 10.2. The van der Waals surface area contributed by atoms with Crippen molar-refractivity contribution in [3.8, 4) is 0 Å². The molecule has 6 nitrogen and oxygen atoms in total. The van der Waals surface area contributed by atoms with Crippen molar-refractivity contribution in [2.75, 3.05) is 0 Å². The quantitative estimate of drug-likeness (QED) is 0.773. The highest BCUT2D eigenvalue weighted by atomic mass is 16.4. The maximum absolute atomic E-state index is 11.9. The number of carboxylic acid groups (broad SMARTS) is 1. The van der Waals surface area contributed by atoms with Gasteiger partial charge in [-0.1, -0.05) is 19.3 Å². The highest BCUT2D eigenvalue weighted by Gasteiger charge is 2.30. The Labute approximate surface area is 124 Å². The Morgan fingerprint density at radius 2 is 1.90 bits per heavy atom. The fourth-order valence-electron chi connectivity index (χ4n) is 2.72. The van der Waals surface area contributed by atoms with Gasteiger partial charge < -0.3 is 15.7 Å². The van der Waals surface area contributed by atoms with Gasteiger partial charge in [-0.05, 0) is 36.5 Å². The molecule has 1 atom stereocenters. The average Bonchev–Trinajstić information content (AvgIpc) is 2.52. The normalized spacial score (nSPS) is 17.0. The number of carbonyl (C=O) groups is 2. The lowest BCUT2D eigenvalue weighted by Gasteiger charge is -2.28. The summed E-state index contributed by atoms with van der Waals surface area (Å²) in [6.07, 6.45) is 8.25. The lowest BCUT2D eigenvalue weighted by atomic mass is 9.84. The second kappa shape index (κ2) is 7.61. The maximum Gasteiger partial charge on any atom is 0.326 e. The third kappa shape index (κ3) is 4.73. The van der Waals surface area contributed by atoms with Crippen LogP contribution in [0, 0.1) is 5.92 Å². The van der Waals surface area contributed by atoms with Gasteiger partial charge in [0, 0.05) is 18.9 Å². The summed E-state index contributed by atoms with van der Waals surface area (Å²) >= 11 is 0. The van der Waals surface area contributed by atoms with Crippen molar-refractivity contribution in [3.05, 3.63) is 30.1 Å². The third-order valence-corrected chi connectivity index (χ3v) is 3.88. The summed E-state index contributed by atoms with van der Waals surface area (Å²) in [7, 11) is 0. The van der Waals surface area contributed by atoms with Crippen molar-refractivity contribution in [2.24, 2.45) is 5.92 Å². The van der Waals surface area contributed by atoms with E-state index in [4.69, 9.17) is 0 Å². The minimum absolute atomic E-state index is 0.0305. The molecule has 1 aliphatic carbocycles. The summed E-state index contributed by atoms with van der Waals surface area (Å²) < 4.78 is 0. The number of nitrogens with one attached hydrogen (secondary N) is 2. The second-order valence-electron chi connectivity index (χ2n) is 5.40. The van der Waals surface area contributed by atoms with Crippen LogP contribution in [0.1, 0.15) is 37.7 Å². The zero-order valence-corrected chi connectivity index (χ0v) is 11.9. The van der Waals surface area contributed by atoms with Crippen molar-refractivity contribution in [1.82, 2.24) is 15.6 Å². The van der Waals surface area contributed by atoms with Gasteiger partial charge in [0.2, 0.25) is 0 Å². The molecule has 1 aromatic heterocycles. The van der Waals surface area contributed by atoms with Gasteiger partial charge in [-0.15, -0.1) is 0 Å². The number of urea groups is 1. The molecule has 0 saturated heterocycles. The van der Waals surface area contributed by atoms with Crippen LogP contribution in [-0.2, 0) is 11.3 Å². The molecular formula is C15H21N3O3. The molecule has 0 spiro atoms. The van der Waals surface area contributed by atoms with Crippen LogP contribution in [0.3, 0.4) is 0 Å². The number of rotatable bonds is 5. The number of amides is 2. The highest BCUT2D eigenvalue weighted by molar-refractivity contribution is 5.82. The number of carboxylic acids is 1. The number of aliphatic carboxylic acids is 1. The molecule has 1 aromatic rings. The minimum Gasteiger partial charge on any atom is -0.480 e. The first-order valence-electron chi connectivity index (χ1n) is 7.33. The van der Waals surface area contributed by atoms with Gasteiger partial charge in [0.15, 0.2) is 0 Å². The van der Waals surface area contributed by atoms with E-state index in [1.165, 1.54) is 0 Å². The summed E-state index contributed by atoms with van der Waals surface area (Å²) in [5.74, 6) is -0.927.